The lowest BCUT2D eigenvalue weighted by molar-refractivity contribution is -0.136. The fourth-order valence-electron chi connectivity index (χ4n) is 1.57. The lowest BCUT2D eigenvalue weighted by Crippen LogP contribution is -2.02. The third-order valence-corrected chi connectivity index (χ3v) is 2.22. The van der Waals surface area contributed by atoms with Crippen molar-refractivity contribution in [1.82, 2.24) is 9.97 Å². The number of H-pyrrole nitrogens is 1. The highest BCUT2D eigenvalue weighted by Crippen LogP contribution is 2.25. The molecule has 0 radical (unpaired) electrons. The zero-order valence-corrected chi connectivity index (χ0v) is 8.08. The van der Waals surface area contributed by atoms with Crippen LogP contribution in [0.3, 0.4) is 0 Å². The minimum absolute atomic E-state index is 0.201. The molecule has 2 N–H and O–H groups in total. The lowest BCUT2D eigenvalue weighted by Gasteiger charge is -2.04. The van der Waals surface area contributed by atoms with Crippen LogP contribution in [0.1, 0.15) is 17.6 Å². The van der Waals surface area contributed by atoms with Crippen molar-refractivity contribution < 1.29 is 18.7 Å². The number of hydrogen-bond donors (Lipinski definition) is 2. The average Bonchev–Trinajstić information content (AvgIpc) is 2.64. The highest BCUT2D eigenvalue weighted by atomic mass is 19.3. The molecule has 0 unspecified atom stereocenters. The van der Waals surface area contributed by atoms with Gasteiger partial charge in [-0.15, -0.1) is 0 Å². The molecule has 0 aliphatic rings. The molecule has 0 amide bonds. The van der Waals surface area contributed by atoms with E-state index in [0.29, 0.717) is 16.6 Å². The number of benzene rings is 1. The Bertz CT molecular complexity index is 537. The first-order chi connectivity index (χ1) is 7.58. The second-order valence-corrected chi connectivity index (χ2v) is 3.35. The molecule has 0 bridgehead atoms. The van der Waals surface area contributed by atoms with Crippen LogP contribution in [0, 0.1) is 0 Å². The van der Waals surface area contributed by atoms with Crippen molar-refractivity contribution in [2.24, 2.45) is 0 Å². The largest absolute Gasteiger partial charge is 0.481 e. The minimum atomic E-state index is -2.62. The predicted octanol–water partition coefficient (Wildman–Crippen LogP) is 2.13. The van der Waals surface area contributed by atoms with E-state index in [2.05, 4.69) is 9.97 Å². The van der Waals surface area contributed by atoms with Crippen LogP contribution in [0.4, 0.5) is 8.78 Å². The van der Waals surface area contributed by atoms with Crippen LogP contribution in [-0.2, 0) is 11.2 Å². The molecule has 0 saturated carbocycles. The maximum Gasteiger partial charge on any atom is 0.307 e. The Balaban J connectivity index is 2.58. The number of nitrogens with zero attached hydrogens (tertiary/aromatic N) is 1. The van der Waals surface area contributed by atoms with Crippen molar-refractivity contribution in [3.8, 4) is 0 Å². The summed E-state index contributed by atoms with van der Waals surface area (Å²) in [6.45, 7) is 0. The van der Waals surface area contributed by atoms with E-state index in [0.717, 1.165) is 0 Å². The van der Waals surface area contributed by atoms with Crippen LogP contribution < -0.4 is 0 Å². The highest BCUT2D eigenvalue weighted by Gasteiger charge is 2.14. The van der Waals surface area contributed by atoms with E-state index >= 15 is 0 Å². The Morgan fingerprint density at radius 3 is 2.88 bits per heavy atom. The summed E-state index contributed by atoms with van der Waals surface area (Å²) >= 11 is 0. The fourth-order valence-corrected chi connectivity index (χ4v) is 1.57. The van der Waals surface area contributed by atoms with Crippen molar-refractivity contribution in [3.63, 3.8) is 0 Å². The van der Waals surface area contributed by atoms with E-state index in [1.807, 2.05) is 0 Å². The Morgan fingerprint density at radius 1 is 1.50 bits per heavy atom. The maximum absolute atomic E-state index is 12.5. The second kappa shape index (κ2) is 3.88. The SMILES string of the molecule is O=C(O)Cc1cc(C(F)F)cc2[nH]cnc12. The molecule has 6 heteroatoms. The molecule has 0 aliphatic heterocycles. The molecule has 0 atom stereocenters. The van der Waals surface area contributed by atoms with Crippen molar-refractivity contribution in [2.45, 2.75) is 12.8 Å². The third kappa shape index (κ3) is 1.86. The van der Waals surface area contributed by atoms with Crippen LogP contribution >= 0.6 is 0 Å². The van der Waals surface area contributed by atoms with E-state index < -0.39 is 12.4 Å². The van der Waals surface area contributed by atoms with Gasteiger partial charge >= 0.3 is 5.97 Å². The second-order valence-electron chi connectivity index (χ2n) is 3.35. The summed E-state index contributed by atoms with van der Waals surface area (Å²) in [5.41, 5.74) is 0.940. The first kappa shape index (κ1) is 10.5. The summed E-state index contributed by atoms with van der Waals surface area (Å²) in [7, 11) is 0. The lowest BCUT2D eigenvalue weighted by atomic mass is 10.1. The van der Waals surface area contributed by atoms with Gasteiger partial charge in [-0.1, -0.05) is 0 Å². The van der Waals surface area contributed by atoms with Gasteiger partial charge in [0.2, 0.25) is 0 Å². The number of carbonyl (C=O) groups is 1. The summed E-state index contributed by atoms with van der Waals surface area (Å²) in [5.74, 6) is -1.07. The van der Waals surface area contributed by atoms with Crippen LogP contribution in [0.25, 0.3) is 11.0 Å². The number of halogens is 2. The maximum atomic E-state index is 12.5. The minimum Gasteiger partial charge on any atom is -0.481 e. The molecule has 4 nitrogen and oxygen atoms in total. The van der Waals surface area contributed by atoms with Gasteiger partial charge < -0.3 is 10.1 Å². The predicted molar refractivity (Wildman–Crippen MR) is 52.4 cm³/mol. The highest BCUT2D eigenvalue weighted by molar-refractivity contribution is 5.83. The molecule has 0 fully saturated rings. The van der Waals surface area contributed by atoms with Crippen molar-refractivity contribution in [3.05, 3.63) is 29.6 Å². The summed E-state index contributed by atoms with van der Waals surface area (Å²) < 4.78 is 25.1. The van der Waals surface area contributed by atoms with E-state index in [4.69, 9.17) is 5.11 Å². The molecule has 84 valence electrons. The molecule has 0 saturated heterocycles. The molecule has 0 aliphatic carbocycles. The Labute approximate surface area is 88.9 Å². The molecule has 1 aromatic carbocycles. The normalized spacial score (nSPS) is 11.2. The molecule has 2 rings (SSSR count). The van der Waals surface area contributed by atoms with E-state index in [9.17, 15) is 13.6 Å². The summed E-state index contributed by atoms with van der Waals surface area (Å²) in [6.07, 6.45) is -1.59. The van der Waals surface area contributed by atoms with Gasteiger partial charge in [-0.2, -0.15) is 0 Å². The Kier molecular flexibility index (Phi) is 2.55. The number of nitrogens with one attached hydrogen (secondary N) is 1. The third-order valence-electron chi connectivity index (χ3n) is 2.22. The monoisotopic (exact) mass is 226 g/mol. The van der Waals surface area contributed by atoms with E-state index in [-0.39, 0.29) is 12.0 Å². The molecular formula is C10H8F2N2O2. The van der Waals surface area contributed by atoms with Crippen LogP contribution in [0.15, 0.2) is 18.5 Å². The number of fused-ring (bicyclic) bond motifs is 1. The van der Waals surface area contributed by atoms with Gasteiger partial charge in [-0.3, -0.25) is 4.79 Å². The van der Waals surface area contributed by atoms with Gasteiger partial charge in [0.1, 0.15) is 0 Å². The Hall–Kier alpha value is -1.98. The number of carboxylic acids is 1. The number of hydrogen-bond acceptors (Lipinski definition) is 2. The first-order valence-corrected chi connectivity index (χ1v) is 4.54. The summed E-state index contributed by atoms with van der Waals surface area (Å²) in [5, 5.41) is 8.67. The van der Waals surface area contributed by atoms with Crippen LogP contribution in [-0.4, -0.2) is 21.0 Å². The Morgan fingerprint density at radius 2 is 2.25 bits per heavy atom. The van der Waals surface area contributed by atoms with Crippen LogP contribution in [0.5, 0.6) is 0 Å². The number of rotatable bonds is 3. The van der Waals surface area contributed by atoms with E-state index in [1.165, 1.54) is 18.5 Å². The van der Waals surface area contributed by atoms with Crippen molar-refractivity contribution in [1.29, 1.82) is 0 Å². The van der Waals surface area contributed by atoms with Gasteiger partial charge in [0, 0.05) is 5.56 Å². The number of carboxylic acid groups (broad SMARTS) is 1. The number of alkyl halides is 2. The summed E-state index contributed by atoms with van der Waals surface area (Å²) in [6, 6.07) is 2.46. The van der Waals surface area contributed by atoms with Crippen molar-refractivity contribution in [2.75, 3.05) is 0 Å². The number of aromatic amines is 1. The van der Waals surface area contributed by atoms with E-state index in [1.54, 1.807) is 0 Å². The molecule has 16 heavy (non-hydrogen) atoms. The first-order valence-electron chi connectivity index (χ1n) is 4.54. The number of aromatic nitrogens is 2. The zero-order chi connectivity index (χ0) is 11.7. The zero-order valence-electron chi connectivity index (χ0n) is 8.08. The molecule has 0 spiro atoms. The topological polar surface area (TPSA) is 66.0 Å². The number of aliphatic carboxylic acids is 1. The number of imidazole rings is 1. The van der Waals surface area contributed by atoms with Gasteiger partial charge in [0.15, 0.2) is 0 Å². The molecule has 1 aromatic heterocycles. The quantitative estimate of drug-likeness (QED) is 0.842. The molecule has 1 heterocycles. The van der Waals surface area contributed by atoms with Crippen molar-refractivity contribution >= 4 is 17.0 Å². The summed E-state index contributed by atoms with van der Waals surface area (Å²) in [4.78, 5) is 17.2. The smallest absolute Gasteiger partial charge is 0.307 e. The van der Waals surface area contributed by atoms with Gasteiger partial charge in [-0.05, 0) is 17.7 Å². The standard InChI is InChI=1S/C10H8F2N2O2/c11-10(12)6-1-5(3-8(15)16)9-7(2-6)13-4-14-9/h1-2,4,10H,3H2,(H,13,14)(H,15,16). The van der Waals surface area contributed by atoms with Gasteiger partial charge in [-0.25, -0.2) is 13.8 Å². The average molecular weight is 226 g/mol. The molecule has 2 aromatic rings. The molecular weight excluding hydrogens is 218 g/mol. The fraction of sp³-hybridized carbons (Fsp3) is 0.200. The van der Waals surface area contributed by atoms with Crippen LogP contribution in [0.2, 0.25) is 0 Å². The van der Waals surface area contributed by atoms with Gasteiger partial charge in [0.25, 0.3) is 6.43 Å². The van der Waals surface area contributed by atoms with Gasteiger partial charge in [0.05, 0.1) is 23.8 Å².